The summed E-state index contributed by atoms with van der Waals surface area (Å²) >= 11 is 0. The van der Waals surface area contributed by atoms with Crippen LogP contribution in [0.2, 0.25) is 0 Å². The second-order valence-corrected chi connectivity index (χ2v) is 8.54. The average Bonchev–Trinajstić information content (AvgIpc) is 2.68. The van der Waals surface area contributed by atoms with Gasteiger partial charge in [-0.05, 0) is 81.5 Å². The number of rotatable bonds is 3. The van der Waals surface area contributed by atoms with Crippen LogP contribution < -0.4 is 15.8 Å². The van der Waals surface area contributed by atoms with Crippen LogP contribution in [-0.2, 0) is 4.74 Å². The fourth-order valence-electron chi connectivity index (χ4n) is 4.91. The van der Waals surface area contributed by atoms with Crippen molar-refractivity contribution in [3.63, 3.8) is 0 Å². The lowest BCUT2D eigenvalue weighted by Gasteiger charge is -2.47. The van der Waals surface area contributed by atoms with Gasteiger partial charge in [0.1, 0.15) is 5.75 Å². The van der Waals surface area contributed by atoms with Crippen molar-refractivity contribution in [3.05, 3.63) is 76.0 Å². The van der Waals surface area contributed by atoms with Crippen molar-refractivity contribution in [2.45, 2.75) is 52.3 Å². The number of benzene rings is 1. The number of hydrogen-bond donors (Lipinski definition) is 2. The number of aryl methyl sites for hydroxylation is 1. The molecule has 3 N–H and O–H groups in total. The number of nitrogens with one attached hydrogen (secondary N) is 1. The highest BCUT2D eigenvalue weighted by Crippen LogP contribution is 2.48. The van der Waals surface area contributed by atoms with Crippen molar-refractivity contribution < 1.29 is 19.1 Å². The Morgan fingerprint density at radius 3 is 2.74 bits per heavy atom. The van der Waals surface area contributed by atoms with Gasteiger partial charge in [0.05, 0.1) is 5.54 Å². The van der Waals surface area contributed by atoms with Gasteiger partial charge in [0.2, 0.25) is 0 Å². The van der Waals surface area contributed by atoms with Crippen molar-refractivity contribution in [2.24, 2.45) is 11.7 Å². The first-order valence-electron chi connectivity index (χ1n) is 10.5. The van der Waals surface area contributed by atoms with Gasteiger partial charge in [-0.2, -0.15) is 0 Å². The van der Waals surface area contributed by atoms with Gasteiger partial charge in [-0.1, -0.05) is 23.8 Å². The van der Waals surface area contributed by atoms with E-state index in [4.69, 9.17) is 15.2 Å². The van der Waals surface area contributed by atoms with Crippen LogP contribution in [0.3, 0.4) is 0 Å². The second kappa shape index (κ2) is 7.85. The highest BCUT2D eigenvalue weighted by Gasteiger charge is 2.45. The first-order valence-corrected chi connectivity index (χ1v) is 10.5. The molecule has 2 unspecified atom stereocenters. The SMILES string of the molecule is CC=C1[C@@H]2C=C(C)CC1(N)C1=C(C2)NC(OC(=O)Oc2ccc(C(C)=O)cc2C)C=C1. The highest BCUT2D eigenvalue weighted by molar-refractivity contribution is 5.94. The normalized spacial score (nSPS) is 27.9. The molecule has 2 aliphatic carbocycles. The molecule has 6 nitrogen and oxygen atoms in total. The third kappa shape index (κ3) is 3.83. The zero-order valence-corrected chi connectivity index (χ0v) is 18.3. The van der Waals surface area contributed by atoms with E-state index in [-0.39, 0.29) is 11.7 Å². The quantitative estimate of drug-likeness (QED) is 0.325. The maximum atomic E-state index is 12.4. The lowest BCUT2D eigenvalue weighted by Crippen LogP contribution is -2.53. The molecule has 0 aromatic heterocycles. The Morgan fingerprint density at radius 1 is 1.29 bits per heavy atom. The zero-order valence-electron chi connectivity index (χ0n) is 18.3. The number of ketones is 1. The molecule has 1 aromatic carbocycles. The lowest BCUT2D eigenvalue weighted by atomic mass is 9.63. The highest BCUT2D eigenvalue weighted by atomic mass is 16.7. The number of carbonyl (C=O) groups excluding carboxylic acids is 2. The summed E-state index contributed by atoms with van der Waals surface area (Å²) in [7, 11) is 0. The maximum absolute atomic E-state index is 12.4. The molecule has 6 heteroatoms. The molecule has 0 amide bonds. The van der Waals surface area contributed by atoms with Gasteiger partial charge >= 0.3 is 6.16 Å². The van der Waals surface area contributed by atoms with Gasteiger partial charge in [-0.25, -0.2) is 4.79 Å². The summed E-state index contributed by atoms with van der Waals surface area (Å²) in [6, 6.07) is 4.92. The van der Waals surface area contributed by atoms with E-state index < -0.39 is 17.9 Å². The van der Waals surface area contributed by atoms with Crippen molar-refractivity contribution in [2.75, 3.05) is 0 Å². The maximum Gasteiger partial charge on any atom is 0.516 e. The van der Waals surface area contributed by atoms with Gasteiger partial charge in [-0.15, -0.1) is 0 Å². The van der Waals surface area contributed by atoms with E-state index in [0.29, 0.717) is 16.9 Å². The van der Waals surface area contributed by atoms with Gasteiger partial charge in [0, 0.05) is 17.2 Å². The van der Waals surface area contributed by atoms with Crippen LogP contribution in [0.5, 0.6) is 5.75 Å². The summed E-state index contributed by atoms with van der Waals surface area (Å²) in [5, 5.41) is 3.31. The second-order valence-electron chi connectivity index (χ2n) is 8.54. The zero-order chi connectivity index (χ0) is 22.3. The number of ether oxygens (including phenoxy) is 2. The van der Waals surface area contributed by atoms with E-state index in [1.807, 2.05) is 13.0 Å². The molecule has 0 fully saturated rings. The Hall–Kier alpha value is -3.12. The largest absolute Gasteiger partial charge is 0.516 e. The summed E-state index contributed by atoms with van der Waals surface area (Å²) in [6.07, 6.45) is 8.29. The van der Waals surface area contributed by atoms with Crippen LogP contribution in [-0.4, -0.2) is 23.7 Å². The standard InChI is InChI=1S/C25H28N2O4/c1-5-19-18-10-14(2)13-25(19,26)20-7-9-23(27-21(20)12-18)31-24(29)30-22-8-6-17(16(4)28)11-15(22)3/h5-11,18,23,27H,12-13,26H2,1-4H3/t18-,23?,25?/m1/s1. The predicted molar refractivity (Wildman–Crippen MR) is 119 cm³/mol. The van der Waals surface area contributed by atoms with Crippen LogP contribution in [0.15, 0.2) is 64.9 Å². The van der Waals surface area contributed by atoms with Crippen LogP contribution >= 0.6 is 0 Å². The van der Waals surface area contributed by atoms with Crippen molar-refractivity contribution in [3.8, 4) is 5.75 Å². The number of dihydropyridines is 1. The smallest absolute Gasteiger partial charge is 0.406 e. The third-order valence-electron chi connectivity index (χ3n) is 6.25. The van der Waals surface area contributed by atoms with E-state index in [1.165, 1.54) is 18.1 Å². The molecule has 4 rings (SSSR count). The number of hydrogen-bond acceptors (Lipinski definition) is 6. The Bertz CT molecular complexity index is 1080. The van der Waals surface area contributed by atoms with Crippen LogP contribution in [0.1, 0.15) is 49.5 Å². The molecular formula is C25H28N2O4. The predicted octanol–water partition coefficient (Wildman–Crippen LogP) is 4.47. The molecule has 0 radical (unpaired) electrons. The Balaban J connectivity index is 1.46. The summed E-state index contributed by atoms with van der Waals surface area (Å²) in [5.74, 6) is 0.566. The molecule has 0 spiro atoms. The third-order valence-corrected chi connectivity index (χ3v) is 6.25. The molecule has 3 atom stereocenters. The topological polar surface area (TPSA) is 90.7 Å². The minimum atomic E-state index is -0.812. The molecule has 1 aromatic rings. The molecular weight excluding hydrogens is 392 g/mol. The van der Waals surface area contributed by atoms with E-state index in [0.717, 1.165) is 24.1 Å². The minimum absolute atomic E-state index is 0.0427. The molecule has 0 saturated carbocycles. The summed E-state index contributed by atoms with van der Waals surface area (Å²) < 4.78 is 10.8. The average molecular weight is 421 g/mol. The summed E-state index contributed by atoms with van der Waals surface area (Å²) in [4.78, 5) is 23.9. The van der Waals surface area contributed by atoms with Crippen LogP contribution in [0.25, 0.3) is 0 Å². The van der Waals surface area contributed by atoms with Gasteiger partial charge in [0.15, 0.2) is 12.0 Å². The summed E-state index contributed by atoms with van der Waals surface area (Å²) in [5.41, 5.74) is 12.2. The van der Waals surface area contributed by atoms with Crippen LogP contribution in [0.4, 0.5) is 4.79 Å². The van der Waals surface area contributed by atoms with Crippen LogP contribution in [0, 0.1) is 12.8 Å². The van der Waals surface area contributed by atoms with Gasteiger partial charge < -0.3 is 20.5 Å². The fourth-order valence-corrected chi connectivity index (χ4v) is 4.91. The minimum Gasteiger partial charge on any atom is -0.406 e. The number of fused-ring (bicyclic) bond motifs is 3. The van der Waals surface area contributed by atoms with Gasteiger partial charge in [0.25, 0.3) is 0 Å². The Morgan fingerprint density at radius 2 is 2.06 bits per heavy atom. The first kappa shape index (κ1) is 21.1. The number of Topliss-reactive ketones (excluding diaryl/α,β-unsaturated/α-hetero) is 1. The molecule has 1 heterocycles. The van der Waals surface area contributed by atoms with Crippen molar-refractivity contribution in [1.29, 1.82) is 0 Å². The van der Waals surface area contributed by atoms with E-state index in [9.17, 15) is 9.59 Å². The lowest BCUT2D eigenvalue weighted by molar-refractivity contribution is 0.0655. The number of carbonyl (C=O) groups is 2. The van der Waals surface area contributed by atoms with Gasteiger partial charge in [-0.3, -0.25) is 4.79 Å². The number of nitrogens with two attached hydrogens (primary N) is 1. The molecule has 0 saturated heterocycles. The molecule has 2 bridgehead atoms. The van der Waals surface area contributed by atoms with Crippen molar-refractivity contribution >= 4 is 11.9 Å². The molecule has 31 heavy (non-hydrogen) atoms. The fraction of sp³-hybridized carbons (Fsp3) is 0.360. The number of allylic oxidation sites excluding steroid dienone is 3. The molecule has 1 aliphatic heterocycles. The van der Waals surface area contributed by atoms with E-state index >= 15 is 0 Å². The van der Waals surface area contributed by atoms with E-state index in [1.54, 1.807) is 31.2 Å². The molecule has 162 valence electrons. The Labute approximate surface area is 182 Å². The first-order chi connectivity index (χ1) is 14.7. The van der Waals surface area contributed by atoms with E-state index in [2.05, 4.69) is 24.4 Å². The Kier molecular flexibility index (Phi) is 5.35. The summed E-state index contributed by atoms with van der Waals surface area (Å²) in [6.45, 7) is 7.44. The van der Waals surface area contributed by atoms with Crippen molar-refractivity contribution in [1.82, 2.24) is 5.32 Å². The monoisotopic (exact) mass is 420 g/mol. The molecule has 3 aliphatic rings.